The average Bonchev–Trinajstić information content (AvgIpc) is 2.29. The Hall–Kier alpha value is -0.840. The summed E-state index contributed by atoms with van der Waals surface area (Å²) in [5.41, 5.74) is 2.74. The molecule has 2 rings (SSSR count). The molecule has 0 radical (unpaired) electrons. The lowest BCUT2D eigenvalue weighted by Gasteiger charge is -2.44. The summed E-state index contributed by atoms with van der Waals surface area (Å²) < 4.78 is 0. The summed E-state index contributed by atoms with van der Waals surface area (Å²) in [6.07, 6.45) is 6.24. The second-order valence-electron chi connectivity index (χ2n) is 5.70. The van der Waals surface area contributed by atoms with Crippen molar-refractivity contribution in [1.29, 1.82) is 0 Å². The molecule has 1 saturated heterocycles. The number of β-lactam (4-membered cyclic amide) rings is 1. The Morgan fingerprint density at radius 2 is 2.00 bits per heavy atom. The van der Waals surface area contributed by atoms with E-state index in [9.17, 15) is 4.79 Å². The number of nitrogens with zero attached hydrogens (tertiary/aromatic N) is 1. The van der Waals surface area contributed by atoms with E-state index in [-0.39, 0.29) is 11.3 Å². The molecule has 1 heterocycles. The molecule has 0 aromatic heterocycles. The van der Waals surface area contributed by atoms with Crippen molar-refractivity contribution < 1.29 is 4.79 Å². The first-order chi connectivity index (χ1) is 7.99. The number of hydrogen-bond donors (Lipinski definition) is 2. The summed E-state index contributed by atoms with van der Waals surface area (Å²) >= 11 is 5.22. The van der Waals surface area contributed by atoms with Crippen LogP contribution in [0.4, 0.5) is 0 Å². The monoisotopic (exact) mass is 255 g/mol. The topological polar surface area (TPSA) is 44.4 Å². The van der Waals surface area contributed by atoms with Crippen LogP contribution >= 0.6 is 12.2 Å². The molecule has 17 heavy (non-hydrogen) atoms. The molecule has 1 saturated carbocycles. The van der Waals surface area contributed by atoms with Gasteiger partial charge >= 0.3 is 0 Å². The highest BCUT2D eigenvalue weighted by Gasteiger charge is 2.44. The zero-order chi connectivity index (χ0) is 12.5. The minimum atomic E-state index is -0.229. The van der Waals surface area contributed by atoms with Crippen molar-refractivity contribution in [3.8, 4) is 0 Å². The molecule has 2 aliphatic rings. The smallest absolute Gasteiger partial charge is 0.248 e. The third-order valence-corrected chi connectivity index (χ3v) is 3.76. The molecular formula is C12H21N3OS. The zero-order valence-corrected chi connectivity index (χ0v) is 11.4. The molecule has 1 aliphatic carbocycles. The SMILES string of the molecule is CC1(C)CN(NC(=S)NC2CCCCC2)C1=O. The summed E-state index contributed by atoms with van der Waals surface area (Å²) in [5.74, 6) is 0.116. The van der Waals surface area contributed by atoms with Crippen LogP contribution in [0.1, 0.15) is 46.0 Å². The highest BCUT2D eigenvalue weighted by atomic mass is 32.1. The fourth-order valence-corrected chi connectivity index (χ4v) is 2.76. The van der Waals surface area contributed by atoms with Crippen molar-refractivity contribution >= 4 is 23.2 Å². The zero-order valence-electron chi connectivity index (χ0n) is 10.6. The Morgan fingerprint density at radius 1 is 1.35 bits per heavy atom. The lowest BCUT2D eigenvalue weighted by atomic mass is 9.85. The van der Waals surface area contributed by atoms with Gasteiger partial charge in [0.05, 0.1) is 12.0 Å². The summed E-state index contributed by atoms with van der Waals surface area (Å²) in [4.78, 5) is 11.7. The van der Waals surface area contributed by atoms with Crippen LogP contribution in [-0.2, 0) is 4.79 Å². The molecule has 2 fully saturated rings. The Kier molecular flexibility index (Phi) is 3.56. The minimum Gasteiger partial charge on any atom is -0.359 e. The van der Waals surface area contributed by atoms with Crippen molar-refractivity contribution in [3.63, 3.8) is 0 Å². The summed E-state index contributed by atoms with van der Waals surface area (Å²) in [6.45, 7) is 4.62. The van der Waals surface area contributed by atoms with Crippen LogP contribution in [0.25, 0.3) is 0 Å². The van der Waals surface area contributed by atoms with Crippen molar-refractivity contribution in [2.24, 2.45) is 5.41 Å². The van der Waals surface area contributed by atoms with Crippen molar-refractivity contribution in [2.75, 3.05) is 6.54 Å². The molecular weight excluding hydrogens is 234 g/mol. The number of carbonyl (C=O) groups is 1. The number of hydrogen-bond acceptors (Lipinski definition) is 2. The van der Waals surface area contributed by atoms with E-state index in [2.05, 4.69) is 10.7 Å². The standard InChI is InChI=1S/C12H21N3OS/c1-12(2)8-15(10(12)16)14-11(17)13-9-6-4-3-5-7-9/h9H,3-8H2,1-2H3,(H2,13,14,17). The number of thiocarbonyl (C=S) groups is 1. The third-order valence-electron chi connectivity index (χ3n) is 3.55. The predicted molar refractivity (Wildman–Crippen MR) is 71.2 cm³/mol. The summed E-state index contributed by atoms with van der Waals surface area (Å²) in [6, 6.07) is 0.480. The number of hydrazine groups is 1. The molecule has 2 N–H and O–H groups in total. The first-order valence-electron chi connectivity index (χ1n) is 6.38. The van der Waals surface area contributed by atoms with E-state index in [1.165, 1.54) is 32.1 Å². The fraction of sp³-hybridized carbons (Fsp3) is 0.833. The lowest BCUT2D eigenvalue weighted by molar-refractivity contribution is -0.159. The van der Waals surface area contributed by atoms with Crippen LogP contribution in [0.5, 0.6) is 0 Å². The highest BCUT2D eigenvalue weighted by Crippen LogP contribution is 2.28. The van der Waals surface area contributed by atoms with Gasteiger partial charge in [-0.2, -0.15) is 0 Å². The Balaban J connectivity index is 1.73. The number of rotatable bonds is 2. The molecule has 0 aromatic carbocycles. The van der Waals surface area contributed by atoms with Gasteiger partial charge in [-0.3, -0.25) is 15.2 Å². The van der Waals surface area contributed by atoms with Gasteiger partial charge < -0.3 is 5.32 Å². The molecule has 0 unspecified atom stereocenters. The van der Waals surface area contributed by atoms with E-state index in [0.29, 0.717) is 11.2 Å². The highest BCUT2D eigenvalue weighted by molar-refractivity contribution is 7.80. The van der Waals surface area contributed by atoms with E-state index in [1.54, 1.807) is 5.01 Å². The fourth-order valence-electron chi connectivity index (χ4n) is 2.49. The van der Waals surface area contributed by atoms with E-state index in [4.69, 9.17) is 12.2 Å². The molecule has 4 nitrogen and oxygen atoms in total. The van der Waals surface area contributed by atoms with Gasteiger partial charge in [0.25, 0.3) is 0 Å². The van der Waals surface area contributed by atoms with Crippen LogP contribution in [0.2, 0.25) is 0 Å². The van der Waals surface area contributed by atoms with Crippen LogP contribution in [-0.4, -0.2) is 28.6 Å². The van der Waals surface area contributed by atoms with Gasteiger partial charge in [-0.15, -0.1) is 0 Å². The van der Waals surface area contributed by atoms with Gasteiger partial charge in [0.2, 0.25) is 5.91 Å². The van der Waals surface area contributed by atoms with Crippen molar-refractivity contribution in [2.45, 2.75) is 52.0 Å². The molecule has 0 atom stereocenters. The van der Waals surface area contributed by atoms with Crippen molar-refractivity contribution in [1.82, 2.24) is 15.8 Å². The normalized spacial score (nSPS) is 24.1. The summed E-state index contributed by atoms with van der Waals surface area (Å²) in [7, 11) is 0. The quantitative estimate of drug-likeness (QED) is 0.581. The minimum absolute atomic E-state index is 0.116. The first-order valence-corrected chi connectivity index (χ1v) is 6.79. The molecule has 1 amide bonds. The maximum atomic E-state index is 11.7. The molecule has 96 valence electrons. The first kappa shape index (κ1) is 12.6. The molecule has 1 aliphatic heterocycles. The van der Waals surface area contributed by atoms with E-state index >= 15 is 0 Å². The van der Waals surface area contributed by atoms with E-state index in [0.717, 1.165) is 6.54 Å². The van der Waals surface area contributed by atoms with Gasteiger partial charge in [0, 0.05) is 6.04 Å². The number of carbonyl (C=O) groups excluding carboxylic acids is 1. The van der Waals surface area contributed by atoms with Crippen LogP contribution in [0.15, 0.2) is 0 Å². The average molecular weight is 255 g/mol. The molecule has 5 heteroatoms. The lowest BCUT2D eigenvalue weighted by Crippen LogP contribution is -2.66. The molecule has 0 spiro atoms. The van der Waals surface area contributed by atoms with Gasteiger partial charge in [-0.1, -0.05) is 19.3 Å². The van der Waals surface area contributed by atoms with Gasteiger partial charge in [0.15, 0.2) is 5.11 Å². The second-order valence-corrected chi connectivity index (χ2v) is 6.10. The van der Waals surface area contributed by atoms with Crippen molar-refractivity contribution in [3.05, 3.63) is 0 Å². The van der Waals surface area contributed by atoms with Crippen LogP contribution < -0.4 is 10.7 Å². The predicted octanol–water partition coefficient (Wildman–Crippen LogP) is 1.57. The van der Waals surface area contributed by atoms with Crippen LogP contribution in [0, 0.1) is 5.41 Å². The van der Waals surface area contributed by atoms with Crippen LogP contribution in [0.3, 0.4) is 0 Å². The maximum Gasteiger partial charge on any atom is 0.248 e. The Morgan fingerprint density at radius 3 is 2.53 bits per heavy atom. The molecule has 0 bridgehead atoms. The number of nitrogens with one attached hydrogen (secondary N) is 2. The number of amides is 1. The van der Waals surface area contributed by atoms with E-state index < -0.39 is 0 Å². The largest absolute Gasteiger partial charge is 0.359 e. The van der Waals surface area contributed by atoms with Gasteiger partial charge in [0.1, 0.15) is 0 Å². The third kappa shape index (κ3) is 2.89. The van der Waals surface area contributed by atoms with Gasteiger partial charge in [-0.25, -0.2) is 0 Å². The maximum absolute atomic E-state index is 11.7. The second kappa shape index (κ2) is 4.80. The Labute approximate surface area is 108 Å². The summed E-state index contributed by atoms with van der Waals surface area (Å²) in [5, 5.41) is 5.47. The van der Waals surface area contributed by atoms with E-state index in [1.807, 2.05) is 13.8 Å². The van der Waals surface area contributed by atoms with Gasteiger partial charge in [-0.05, 0) is 38.9 Å². The molecule has 0 aromatic rings. The Bertz CT molecular complexity index is 324.